The van der Waals surface area contributed by atoms with Gasteiger partial charge in [0.2, 0.25) is 0 Å². The molecule has 2 heterocycles. The summed E-state index contributed by atoms with van der Waals surface area (Å²) in [7, 11) is 1.47. The zero-order chi connectivity index (χ0) is 26.7. The number of amides is 1. The van der Waals surface area contributed by atoms with Gasteiger partial charge in [-0.15, -0.1) is 0 Å². The van der Waals surface area contributed by atoms with Crippen molar-refractivity contribution >= 4 is 45.2 Å². The Morgan fingerprint density at radius 3 is 2.57 bits per heavy atom. The van der Waals surface area contributed by atoms with Gasteiger partial charge in [-0.05, 0) is 55.3 Å². The van der Waals surface area contributed by atoms with Crippen LogP contribution in [0.25, 0.3) is 6.08 Å². The van der Waals surface area contributed by atoms with Gasteiger partial charge in [-0.3, -0.25) is 14.2 Å². The molecule has 4 rings (SSSR count). The van der Waals surface area contributed by atoms with Crippen molar-refractivity contribution in [3.63, 3.8) is 0 Å². The number of primary amides is 1. The first-order chi connectivity index (χ1) is 17.7. The molecule has 11 heteroatoms. The molecule has 0 fully saturated rings. The summed E-state index contributed by atoms with van der Waals surface area (Å²) >= 11 is 4.66. The highest BCUT2D eigenvalue weighted by Crippen LogP contribution is 2.32. The lowest BCUT2D eigenvalue weighted by Gasteiger charge is -2.24. The second-order valence-electron chi connectivity index (χ2n) is 8.02. The van der Waals surface area contributed by atoms with Crippen LogP contribution in [0.1, 0.15) is 31.0 Å². The third-order valence-electron chi connectivity index (χ3n) is 5.56. The molecule has 0 aliphatic carbocycles. The number of hydrogen-bond acceptors (Lipinski definition) is 8. The number of thiazole rings is 1. The van der Waals surface area contributed by atoms with Crippen LogP contribution in [0.5, 0.6) is 11.5 Å². The van der Waals surface area contributed by atoms with Crippen LogP contribution in [0, 0.1) is 0 Å². The summed E-state index contributed by atoms with van der Waals surface area (Å²) in [6.45, 7) is 3.39. The molecule has 0 bridgehead atoms. The molecule has 192 valence electrons. The predicted molar refractivity (Wildman–Crippen MR) is 142 cm³/mol. The fourth-order valence-electron chi connectivity index (χ4n) is 3.95. The summed E-state index contributed by atoms with van der Waals surface area (Å²) in [5, 5.41) is 0. The lowest BCUT2D eigenvalue weighted by atomic mass is 9.96. The number of methoxy groups -OCH3 is 1. The summed E-state index contributed by atoms with van der Waals surface area (Å²) in [5.74, 6) is -0.381. The number of nitrogens with zero attached hydrogens (tertiary/aromatic N) is 2. The van der Waals surface area contributed by atoms with Crippen LogP contribution in [0.15, 0.2) is 68.0 Å². The number of benzene rings is 2. The average Bonchev–Trinajstić information content (AvgIpc) is 3.17. The highest BCUT2D eigenvalue weighted by Gasteiger charge is 2.33. The molecule has 2 aromatic carbocycles. The van der Waals surface area contributed by atoms with E-state index in [1.165, 1.54) is 23.0 Å². The number of fused-ring (bicyclic) bond motifs is 1. The second-order valence-corrected chi connectivity index (χ2v) is 9.94. The number of aromatic nitrogens is 1. The molecule has 0 spiro atoms. The third kappa shape index (κ3) is 5.52. The van der Waals surface area contributed by atoms with Gasteiger partial charge in [0.15, 0.2) is 22.9 Å². The summed E-state index contributed by atoms with van der Waals surface area (Å²) in [6, 6.07) is 11.8. The Balaban J connectivity index is 1.85. The van der Waals surface area contributed by atoms with E-state index in [9.17, 15) is 14.4 Å². The maximum atomic E-state index is 13.7. The van der Waals surface area contributed by atoms with Crippen LogP contribution in [0.3, 0.4) is 0 Å². The molecule has 9 nitrogen and oxygen atoms in total. The van der Waals surface area contributed by atoms with E-state index in [2.05, 4.69) is 20.9 Å². The zero-order valence-electron chi connectivity index (χ0n) is 20.3. The molecule has 1 unspecified atom stereocenters. The van der Waals surface area contributed by atoms with Gasteiger partial charge in [0, 0.05) is 4.47 Å². The van der Waals surface area contributed by atoms with E-state index >= 15 is 0 Å². The molecule has 3 aromatic rings. The SMILES string of the molecule is CCOC(=O)C1=C(C)N=c2s/c(=C\c3ccc(OCC(N)=O)c(OC)c3)c(=O)n2C1c1ccc(Br)cc1. The number of carbonyl (C=O) groups excluding carboxylic acids is 2. The molecule has 1 aliphatic heterocycles. The van der Waals surface area contributed by atoms with E-state index in [0.29, 0.717) is 37.7 Å². The number of halogens is 1. The minimum Gasteiger partial charge on any atom is -0.493 e. The molecular weight excluding hydrogens is 562 g/mol. The Bertz CT molecular complexity index is 1570. The predicted octanol–water partition coefficient (Wildman–Crippen LogP) is 2.43. The molecule has 1 aliphatic rings. The molecule has 1 aromatic heterocycles. The number of rotatable bonds is 8. The Morgan fingerprint density at radius 2 is 1.92 bits per heavy atom. The summed E-state index contributed by atoms with van der Waals surface area (Å²) in [4.78, 5) is 42.8. The first kappa shape index (κ1) is 26.4. The maximum Gasteiger partial charge on any atom is 0.338 e. The van der Waals surface area contributed by atoms with Gasteiger partial charge in [0.1, 0.15) is 0 Å². The van der Waals surface area contributed by atoms with Gasteiger partial charge in [-0.1, -0.05) is 45.5 Å². The van der Waals surface area contributed by atoms with Crippen molar-refractivity contribution in [2.75, 3.05) is 20.3 Å². The van der Waals surface area contributed by atoms with Gasteiger partial charge < -0.3 is 19.9 Å². The lowest BCUT2D eigenvalue weighted by Crippen LogP contribution is -2.39. The Labute approximate surface area is 224 Å². The Hall–Kier alpha value is -3.70. The molecule has 0 radical (unpaired) electrons. The fraction of sp³-hybridized carbons (Fsp3) is 0.231. The number of ether oxygens (including phenoxy) is 3. The van der Waals surface area contributed by atoms with E-state index in [0.717, 1.165) is 10.0 Å². The zero-order valence-corrected chi connectivity index (χ0v) is 22.7. The van der Waals surface area contributed by atoms with E-state index in [1.807, 2.05) is 24.3 Å². The highest BCUT2D eigenvalue weighted by atomic mass is 79.9. The first-order valence-corrected chi connectivity index (χ1v) is 12.9. The molecular formula is C26H24BrN3O6S. The largest absolute Gasteiger partial charge is 0.493 e. The number of esters is 1. The second kappa shape index (κ2) is 11.1. The van der Waals surface area contributed by atoms with Gasteiger partial charge in [-0.2, -0.15) is 0 Å². The van der Waals surface area contributed by atoms with Crippen molar-refractivity contribution in [1.29, 1.82) is 0 Å². The molecule has 1 amide bonds. The minimum absolute atomic E-state index is 0.202. The van der Waals surface area contributed by atoms with Crippen LogP contribution in [0.4, 0.5) is 0 Å². The minimum atomic E-state index is -0.690. The van der Waals surface area contributed by atoms with E-state index < -0.39 is 17.9 Å². The Morgan fingerprint density at radius 1 is 1.19 bits per heavy atom. The smallest absolute Gasteiger partial charge is 0.338 e. The van der Waals surface area contributed by atoms with E-state index in [4.69, 9.17) is 19.9 Å². The molecule has 2 N–H and O–H groups in total. The fourth-order valence-corrected chi connectivity index (χ4v) is 5.26. The third-order valence-corrected chi connectivity index (χ3v) is 7.07. The van der Waals surface area contributed by atoms with E-state index in [1.54, 1.807) is 38.1 Å². The van der Waals surface area contributed by atoms with Crippen LogP contribution < -0.4 is 30.1 Å². The number of allylic oxidation sites excluding steroid dienone is 1. The monoisotopic (exact) mass is 585 g/mol. The van der Waals surface area contributed by atoms with Gasteiger partial charge >= 0.3 is 5.97 Å². The first-order valence-electron chi connectivity index (χ1n) is 11.3. The highest BCUT2D eigenvalue weighted by molar-refractivity contribution is 9.10. The van der Waals surface area contributed by atoms with Crippen molar-refractivity contribution in [2.24, 2.45) is 10.7 Å². The van der Waals surface area contributed by atoms with Gasteiger partial charge in [0.05, 0.1) is 35.6 Å². The molecule has 37 heavy (non-hydrogen) atoms. The lowest BCUT2D eigenvalue weighted by molar-refractivity contribution is -0.139. The molecule has 0 saturated carbocycles. The van der Waals surface area contributed by atoms with Crippen LogP contribution in [0.2, 0.25) is 0 Å². The number of nitrogens with two attached hydrogens (primary N) is 1. The van der Waals surface area contributed by atoms with Crippen LogP contribution in [-0.4, -0.2) is 36.8 Å². The topological polar surface area (TPSA) is 122 Å². The van der Waals surface area contributed by atoms with Crippen molar-refractivity contribution in [3.05, 3.63) is 89.0 Å². The molecule has 0 saturated heterocycles. The normalized spacial score (nSPS) is 15.1. The van der Waals surface area contributed by atoms with Gasteiger partial charge in [-0.25, -0.2) is 9.79 Å². The quantitative estimate of drug-likeness (QED) is 0.405. The van der Waals surface area contributed by atoms with Crippen LogP contribution in [-0.2, 0) is 14.3 Å². The average molecular weight is 586 g/mol. The van der Waals surface area contributed by atoms with Crippen molar-refractivity contribution in [1.82, 2.24) is 4.57 Å². The maximum absolute atomic E-state index is 13.7. The summed E-state index contributed by atoms with van der Waals surface area (Å²) < 4.78 is 18.9. The van der Waals surface area contributed by atoms with Crippen molar-refractivity contribution < 1.29 is 23.8 Å². The summed E-state index contributed by atoms with van der Waals surface area (Å²) in [6.07, 6.45) is 1.71. The Kier molecular flexibility index (Phi) is 7.94. The summed E-state index contributed by atoms with van der Waals surface area (Å²) in [5.41, 5.74) is 7.11. The van der Waals surface area contributed by atoms with E-state index in [-0.39, 0.29) is 18.8 Å². The number of hydrogen-bond donors (Lipinski definition) is 1. The van der Waals surface area contributed by atoms with Crippen LogP contribution >= 0.6 is 27.3 Å². The van der Waals surface area contributed by atoms with Crippen molar-refractivity contribution in [3.8, 4) is 11.5 Å². The van der Waals surface area contributed by atoms with Gasteiger partial charge in [0.25, 0.3) is 11.5 Å². The standard InChI is InChI=1S/C26H24BrN3O6S/c1-4-35-25(33)22-14(2)29-26-30(23(22)16-6-8-17(27)9-7-16)24(32)20(37-26)12-15-5-10-18(19(11-15)34-3)36-13-21(28)31/h5-12,23H,4,13H2,1-3H3,(H2,28,31)/b20-12-. The van der Waals surface area contributed by atoms with Crippen molar-refractivity contribution in [2.45, 2.75) is 19.9 Å². The number of carbonyl (C=O) groups is 2. The molecule has 1 atom stereocenters.